The molecule has 4 nitrogen and oxygen atoms in total. The molecule has 266 valence electrons. The zero-order valence-electron chi connectivity index (χ0n) is 31.1. The average Bonchev–Trinajstić information content (AvgIpc) is 4.10. The van der Waals surface area contributed by atoms with Crippen LogP contribution in [-0.2, 0) is 0 Å². The van der Waals surface area contributed by atoms with E-state index in [0.29, 0.717) is 0 Å². The predicted octanol–water partition coefficient (Wildman–Crippen LogP) is 9.53. The van der Waals surface area contributed by atoms with Crippen LogP contribution in [0.4, 0.5) is 0 Å². The first-order chi connectivity index (χ1) is 27.9. The van der Waals surface area contributed by atoms with Crippen molar-refractivity contribution < 1.29 is 0 Å². The number of aromatic amines is 1. The van der Waals surface area contributed by atoms with Crippen molar-refractivity contribution in [3.63, 3.8) is 0 Å². The van der Waals surface area contributed by atoms with Crippen molar-refractivity contribution in [1.29, 1.82) is 0 Å². The summed E-state index contributed by atoms with van der Waals surface area (Å²) in [7, 11) is 0. The summed E-state index contributed by atoms with van der Waals surface area (Å²) in [6.45, 7) is 2.09. The summed E-state index contributed by atoms with van der Waals surface area (Å²) in [5.74, 6) is 10.9. The van der Waals surface area contributed by atoms with E-state index >= 15 is 0 Å². The standard InChI is InChI=1S/C53H34N4/c1-6-34-10-17-38(18-11-34)50-42-24-26-44(54-42)51(39-19-12-35(7-2)13-20-39)46-28-30-48(56-46)53(41-23-16-37(9-4)32-33(41)5)49-31-29-47(57-49)52(45-27-25-43(50)55-45)40-21-14-36(8-3)15-22-40/h1-4,10-32,44,51,54,57H,5H3/b50-42-,52-45-,53-48-/t44-,51+/m0/s1. The largest absolute Gasteiger partial charge is 0.377 e. The third-order valence-electron chi connectivity index (χ3n) is 10.8. The molecule has 5 aromatic rings. The number of allylic oxidation sites excluding steroid dienone is 6. The van der Waals surface area contributed by atoms with E-state index in [1.807, 2.05) is 48.5 Å². The van der Waals surface area contributed by atoms with Crippen molar-refractivity contribution >= 4 is 28.1 Å². The van der Waals surface area contributed by atoms with E-state index in [1.165, 1.54) is 0 Å². The Labute approximate surface area is 333 Å². The van der Waals surface area contributed by atoms with Crippen molar-refractivity contribution in [2.24, 2.45) is 9.98 Å². The van der Waals surface area contributed by atoms with Crippen LogP contribution in [0.5, 0.6) is 0 Å². The maximum atomic E-state index is 5.83. The second-order valence-electron chi connectivity index (χ2n) is 14.2. The van der Waals surface area contributed by atoms with Crippen LogP contribution in [-0.4, -0.2) is 22.4 Å². The minimum absolute atomic E-state index is 0.143. The molecule has 1 aromatic heterocycles. The lowest BCUT2D eigenvalue weighted by Gasteiger charge is -2.25. The number of aryl methyl sites for hydroxylation is 1. The number of nitrogens with zero attached hydrogens (tertiary/aromatic N) is 2. The fraction of sp³-hybridized carbons (Fsp3) is 0.0566. The quantitative estimate of drug-likeness (QED) is 0.178. The zero-order valence-corrected chi connectivity index (χ0v) is 31.1. The van der Waals surface area contributed by atoms with Gasteiger partial charge in [-0.2, -0.15) is 0 Å². The Balaban J connectivity index is 1.33. The molecule has 0 saturated heterocycles. The van der Waals surface area contributed by atoms with Crippen LogP contribution in [0.1, 0.15) is 67.4 Å². The van der Waals surface area contributed by atoms with E-state index in [0.717, 1.165) is 107 Å². The van der Waals surface area contributed by atoms with Gasteiger partial charge >= 0.3 is 0 Å². The third kappa shape index (κ3) is 6.29. The topological polar surface area (TPSA) is 52.5 Å². The van der Waals surface area contributed by atoms with Gasteiger partial charge in [-0.1, -0.05) is 72.2 Å². The highest BCUT2D eigenvalue weighted by Crippen LogP contribution is 2.40. The van der Waals surface area contributed by atoms with Crippen LogP contribution in [0.2, 0.25) is 0 Å². The molecular weight excluding hydrogens is 693 g/mol. The van der Waals surface area contributed by atoms with Gasteiger partial charge in [0.1, 0.15) is 0 Å². The molecule has 0 unspecified atom stereocenters. The summed E-state index contributed by atoms with van der Waals surface area (Å²) in [5, 5.41) is 3.90. The van der Waals surface area contributed by atoms with Crippen LogP contribution in [0, 0.1) is 56.3 Å². The average molecular weight is 727 g/mol. The monoisotopic (exact) mass is 726 g/mol. The Hall–Kier alpha value is -8.02. The summed E-state index contributed by atoms with van der Waals surface area (Å²) in [4.78, 5) is 14.6. The second kappa shape index (κ2) is 14.3. The van der Waals surface area contributed by atoms with E-state index in [1.54, 1.807) is 0 Å². The number of fused-ring (bicyclic) bond motifs is 6. The Morgan fingerprint density at radius 3 is 1.74 bits per heavy atom. The van der Waals surface area contributed by atoms with Crippen LogP contribution in [0.25, 0.3) is 16.7 Å². The molecule has 2 N–H and O–H groups in total. The maximum absolute atomic E-state index is 5.83. The molecule has 4 aliphatic heterocycles. The zero-order chi connectivity index (χ0) is 39.0. The summed E-state index contributed by atoms with van der Waals surface area (Å²) in [6.07, 6.45) is 36.0. The lowest BCUT2D eigenvalue weighted by Crippen LogP contribution is -2.33. The number of aliphatic imine (C=N–C) groups is 2. The highest BCUT2D eigenvalue weighted by atomic mass is 15.0. The van der Waals surface area contributed by atoms with Gasteiger partial charge in [0.25, 0.3) is 0 Å². The van der Waals surface area contributed by atoms with Crippen molar-refractivity contribution in [1.82, 2.24) is 10.3 Å². The van der Waals surface area contributed by atoms with Crippen molar-refractivity contribution in [3.05, 3.63) is 218 Å². The summed E-state index contributed by atoms with van der Waals surface area (Å²) in [6, 6.07) is 34.5. The van der Waals surface area contributed by atoms with Crippen LogP contribution in [0.15, 0.2) is 167 Å². The molecule has 5 heterocycles. The van der Waals surface area contributed by atoms with Gasteiger partial charge in [-0.05, 0) is 126 Å². The Bertz CT molecular complexity index is 2940. The van der Waals surface area contributed by atoms with Crippen molar-refractivity contribution in [3.8, 4) is 49.4 Å². The normalized spacial score (nSPS) is 21.6. The number of benzene rings is 4. The number of hydrogen-bond donors (Lipinski definition) is 2. The molecule has 2 atom stereocenters. The molecule has 0 saturated carbocycles. The van der Waals surface area contributed by atoms with Crippen molar-refractivity contribution in [2.75, 3.05) is 0 Å². The number of hydrogen-bond acceptors (Lipinski definition) is 3. The minimum atomic E-state index is -0.156. The SMILES string of the molecule is C#Cc1ccc(/C2=C3\C=C[C@H](N3)[C@@H](c3ccc(C#C)cc3)C3=N/C(=C(/c4ccc(C#C)cc4C)c4ccc([nH]4)/C(c4ccc(C#C)cc4)=C4/C=CC2=N4)C=C3)cc1. The number of aromatic nitrogens is 1. The van der Waals surface area contributed by atoms with Crippen LogP contribution >= 0.6 is 0 Å². The molecule has 9 rings (SSSR count). The van der Waals surface area contributed by atoms with E-state index in [-0.39, 0.29) is 12.0 Å². The minimum Gasteiger partial charge on any atom is -0.377 e. The molecule has 4 heteroatoms. The van der Waals surface area contributed by atoms with Crippen molar-refractivity contribution in [2.45, 2.75) is 18.9 Å². The Kier molecular flexibility index (Phi) is 8.73. The first-order valence-corrected chi connectivity index (χ1v) is 18.6. The lowest BCUT2D eigenvalue weighted by molar-refractivity contribution is 0.666. The van der Waals surface area contributed by atoms with Gasteiger partial charge in [0.2, 0.25) is 0 Å². The van der Waals surface area contributed by atoms with Gasteiger partial charge in [-0.15, -0.1) is 25.7 Å². The van der Waals surface area contributed by atoms with Crippen LogP contribution < -0.4 is 5.32 Å². The second-order valence-corrected chi connectivity index (χ2v) is 14.2. The molecule has 0 radical (unpaired) electrons. The number of nitrogens with one attached hydrogen (secondary N) is 2. The molecule has 0 amide bonds. The van der Waals surface area contributed by atoms with Gasteiger partial charge in [0.15, 0.2) is 0 Å². The summed E-state index contributed by atoms with van der Waals surface area (Å²) < 4.78 is 0. The molecule has 4 aliphatic rings. The third-order valence-corrected chi connectivity index (χ3v) is 10.8. The van der Waals surface area contributed by atoms with E-state index < -0.39 is 0 Å². The van der Waals surface area contributed by atoms with Gasteiger partial charge in [0.05, 0.1) is 34.8 Å². The number of rotatable bonds is 4. The Morgan fingerprint density at radius 1 is 0.544 bits per heavy atom. The molecule has 0 aliphatic carbocycles. The maximum Gasteiger partial charge on any atom is 0.0737 e. The van der Waals surface area contributed by atoms with E-state index in [9.17, 15) is 0 Å². The first-order valence-electron chi connectivity index (χ1n) is 18.6. The predicted molar refractivity (Wildman–Crippen MR) is 234 cm³/mol. The van der Waals surface area contributed by atoms with E-state index in [2.05, 4.69) is 132 Å². The van der Waals surface area contributed by atoms with Gasteiger partial charge in [-0.25, -0.2) is 4.99 Å². The molecule has 57 heavy (non-hydrogen) atoms. The fourth-order valence-electron chi connectivity index (χ4n) is 8.00. The highest BCUT2D eigenvalue weighted by Gasteiger charge is 2.33. The summed E-state index contributed by atoms with van der Waals surface area (Å²) in [5.41, 5.74) is 17.4. The van der Waals surface area contributed by atoms with E-state index in [4.69, 9.17) is 35.7 Å². The lowest BCUT2D eigenvalue weighted by atomic mass is 9.87. The number of terminal acetylenes is 4. The summed E-state index contributed by atoms with van der Waals surface area (Å²) >= 11 is 0. The van der Waals surface area contributed by atoms with Gasteiger partial charge < -0.3 is 10.3 Å². The van der Waals surface area contributed by atoms with Gasteiger partial charge in [-0.3, -0.25) is 4.99 Å². The Morgan fingerprint density at radius 2 is 1.11 bits per heavy atom. The first kappa shape index (κ1) is 34.7. The smallest absolute Gasteiger partial charge is 0.0737 e. The molecule has 0 spiro atoms. The number of H-pyrrole nitrogens is 1. The molecule has 4 aromatic carbocycles. The van der Waals surface area contributed by atoms with Crippen LogP contribution in [0.3, 0.4) is 0 Å². The molecule has 0 fully saturated rings. The van der Waals surface area contributed by atoms with Gasteiger partial charge in [0, 0.05) is 56.1 Å². The molecule has 8 bridgehead atoms. The fourth-order valence-corrected chi connectivity index (χ4v) is 8.00. The highest BCUT2D eigenvalue weighted by molar-refractivity contribution is 6.32. The molecular formula is C53H34N4.